The molecule has 0 radical (unpaired) electrons. The number of nitrogens with zero attached hydrogens (tertiary/aromatic N) is 1. The van der Waals surface area contributed by atoms with E-state index in [1.165, 1.54) is 4.88 Å². The Hall–Kier alpha value is -0.410. The van der Waals surface area contributed by atoms with E-state index < -0.39 is 0 Å². The maximum atomic E-state index is 6.25. The summed E-state index contributed by atoms with van der Waals surface area (Å²) in [7, 11) is 2.00. The number of alkyl halides is 1. The van der Waals surface area contributed by atoms with Gasteiger partial charge in [0.2, 0.25) is 0 Å². The van der Waals surface area contributed by atoms with Crippen molar-refractivity contribution < 1.29 is 0 Å². The summed E-state index contributed by atoms with van der Waals surface area (Å²) in [5.74, 6) is 0.450. The fraction of sp³-hybridized carbons (Fsp3) is 0.231. The van der Waals surface area contributed by atoms with E-state index >= 15 is 0 Å². The van der Waals surface area contributed by atoms with Crippen LogP contribution < -0.4 is 4.90 Å². The Balaban J connectivity index is 2.25. The van der Waals surface area contributed by atoms with Gasteiger partial charge in [-0.3, -0.25) is 0 Å². The van der Waals surface area contributed by atoms with E-state index in [1.807, 2.05) is 37.4 Å². The number of para-hydroxylation sites is 1. The summed E-state index contributed by atoms with van der Waals surface area (Å²) in [6, 6.07) is 9.72. The molecular formula is C13H12Cl3NS. The summed E-state index contributed by atoms with van der Waals surface area (Å²) in [5, 5.41) is 0.721. The Labute approximate surface area is 126 Å². The lowest BCUT2D eigenvalue weighted by Crippen LogP contribution is -2.17. The molecule has 0 aliphatic rings. The van der Waals surface area contributed by atoms with Gasteiger partial charge >= 0.3 is 0 Å². The summed E-state index contributed by atoms with van der Waals surface area (Å²) < 4.78 is 0.801. The molecular weight excluding hydrogens is 309 g/mol. The maximum absolute atomic E-state index is 6.25. The lowest BCUT2D eigenvalue weighted by atomic mass is 10.2. The minimum Gasteiger partial charge on any atom is -0.368 e. The SMILES string of the molecule is CN(Cc1ccc(Cl)s1)c1c(Cl)cccc1CCl. The molecule has 0 aliphatic carbocycles. The van der Waals surface area contributed by atoms with Crippen LogP contribution in [0.5, 0.6) is 0 Å². The molecule has 5 heteroatoms. The van der Waals surface area contributed by atoms with Crippen LogP contribution in [-0.4, -0.2) is 7.05 Å². The third-order valence-corrected chi connectivity index (χ3v) is 4.43. The standard InChI is InChI=1S/C13H12Cl3NS/c1-17(8-10-5-6-12(16)18-10)13-9(7-14)3-2-4-11(13)15/h2-6H,7-8H2,1H3. The van der Waals surface area contributed by atoms with Crippen LogP contribution in [0.4, 0.5) is 5.69 Å². The normalized spacial score (nSPS) is 10.7. The minimum absolute atomic E-state index is 0.450. The van der Waals surface area contributed by atoms with Crippen molar-refractivity contribution in [1.29, 1.82) is 0 Å². The summed E-state index contributed by atoms with van der Waals surface area (Å²) >= 11 is 19.7. The van der Waals surface area contributed by atoms with Gasteiger partial charge in [0.05, 0.1) is 21.6 Å². The highest BCUT2D eigenvalue weighted by Gasteiger charge is 2.12. The molecule has 0 N–H and O–H groups in total. The van der Waals surface area contributed by atoms with Crippen molar-refractivity contribution in [1.82, 2.24) is 0 Å². The second kappa shape index (κ2) is 6.16. The number of hydrogen-bond acceptors (Lipinski definition) is 2. The van der Waals surface area contributed by atoms with E-state index in [4.69, 9.17) is 34.8 Å². The van der Waals surface area contributed by atoms with Crippen molar-refractivity contribution in [2.45, 2.75) is 12.4 Å². The highest BCUT2D eigenvalue weighted by atomic mass is 35.5. The molecule has 0 fully saturated rings. The average molecular weight is 321 g/mol. The number of benzene rings is 1. The van der Waals surface area contributed by atoms with Gasteiger partial charge in [-0.2, -0.15) is 0 Å². The number of anilines is 1. The largest absolute Gasteiger partial charge is 0.368 e. The van der Waals surface area contributed by atoms with Crippen molar-refractivity contribution in [3.63, 3.8) is 0 Å². The molecule has 2 rings (SSSR count). The van der Waals surface area contributed by atoms with Crippen LogP contribution in [0, 0.1) is 0 Å². The van der Waals surface area contributed by atoms with Crippen LogP contribution in [0.1, 0.15) is 10.4 Å². The Morgan fingerprint density at radius 2 is 1.94 bits per heavy atom. The first-order valence-corrected chi connectivity index (χ1v) is 7.51. The molecule has 1 aromatic heterocycles. The van der Waals surface area contributed by atoms with Crippen LogP contribution in [-0.2, 0) is 12.4 Å². The van der Waals surface area contributed by atoms with Gasteiger partial charge < -0.3 is 4.90 Å². The monoisotopic (exact) mass is 319 g/mol. The number of thiophene rings is 1. The zero-order valence-electron chi connectivity index (χ0n) is 9.79. The highest BCUT2D eigenvalue weighted by molar-refractivity contribution is 7.16. The van der Waals surface area contributed by atoms with Crippen LogP contribution >= 0.6 is 46.1 Å². The van der Waals surface area contributed by atoms with Gasteiger partial charge in [0.25, 0.3) is 0 Å². The van der Waals surface area contributed by atoms with Gasteiger partial charge in [-0.15, -0.1) is 22.9 Å². The van der Waals surface area contributed by atoms with Gasteiger partial charge in [-0.25, -0.2) is 0 Å². The Bertz CT molecular complexity index is 539. The molecule has 0 saturated carbocycles. The number of halogens is 3. The van der Waals surface area contributed by atoms with E-state index in [0.29, 0.717) is 5.88 Å². The highest BCUT2D eigenvalue weighted by Crippen LogP contribution is 2.32. The van der Waals surface area contributed by atoms with E-state index in [-0.39, 0.29) is 0 Å². The third-order valence-electron chi connectivity index (χ3n) is 2.62. The second-order valence-electron chi connectivity index (χ2n) is 3.94. The van der Waals surface area contributed by atoms with Gasteiger partial charge in [0.1, 0.15) is 0 Å². The fourth-order valence-corrected chi connectivity index (χ4v) is 3.54. The van der Waals surface area contributed by atoms with Gasteiger partial charge in [-0.05, 0) is 23.8 Å². The summed E-state index contributed by atoms with van der Waals surface area (Å²) in [6.07, 6.45) is 0. The lowest BCUT2D eigenvalue weighted by Gasteiger charge is -2.22. The first kappa shape index (κ1) is 14.0. The average Bonchev–Trinajstić information content (AvgIpc) is 2.74. The fourth-order valence-electron chi connectivity index (χ4n) is 1.84. The zero-order chi connectivity index (χ0) is 13.1. The van der Waals surface area contributed by atoms with Crippen molar-refractivity contribution in [2.75, 3.05) is 11.9 Å². The van der Waals surface area contributed by atoms with Crippen LogP contribution in [0.3, 0.4) is 0 Å². The molecule has 0 spiro atoms. The molecule has 1 heterocycles. The van der Waals surface area contributed by atoms with Gasteiger partial charge in [0.15, 0.2) is 0 Å². The molecule has 0 unspecified atom stereocenters. The van der Waals surface area contributed by atoms with E-state index in [0.717, 1.165) is 27.2 Å². The van der Waals surface area contributed by atoms with Crippen molar-refractivity contribution in [3.8, 4) is 0 Å². The quantitative estimate of drug-likeness (QED) is 0.679. The Morgan fingerprint density at radius 1 is 1.17 bits per heavy atom. The van der Waals surface area contributed by atoms with E-state index in [1.54, 1.807) is 11.3 Å². The van der Waals surface area contributed by atoms with E-state index in [9.17, 15) is 0 Å². The van der Waals surface area contributed by atoms with E-state index in [2.05, 4.69) is 4.90 Å². The van der Waals surface area contributed by atoms with Gasteiger partial charge in [0, 0.05) is 17.8 Å². The molecule has 1 aromatic carbocycles. The predicted molar refractivity (Wildman–Crippen MR) is 82.4 cm³/mol. The summed E-state index contributed by atoms with van der Waals surface area (Å²) in [5.41, 5.74) is 2.02. The molecule has 0 saturated heterocycles. The first-order chi connectivity index (χ1) is 8.61. The molecule has 0 bridgehead atoms. The molecule has 18 heavy (non-hydrogen) atoms. The van der Waals surface area contributed by atoms with Crippen LogP contribution in [0.25, 0.3) is 0 Å². The smallest absolute Gasteiger partial charge is 0.0931 e. The number of rotatable bonds is 4. The molecule has 96 valence electrons. The van der Waals surface area contributed by atoms with Crippen molar-refractivity contribution >= 4 is 51.8 Å². The zero-order valence-corrected chi connectivity index (χ0v) is 12.9. The van der Waals surface area contributed by atoms with Crippen LogP contribution in [0.15, 0.2) is 30.3 Å². The molecule has 0 aliphatic heterocycles. The molecule has 1 nitrogen and oxygen atoms in total. The third kappa shape index (κ3) is 3.12. The minimum atomic E-state index is 0.450. The second-order valence-corrected chi connectivity index (χ2v) is 6.42. The molecule has 0 atom stereocenters. The lowest BCUT2D eigenvalue weighted by molar-refractivity contribution is 0.932. The first-order valence-electron chi connectivity index (χ1n) is 5.40. The topological polar surface area (TPSA) is 3.24 Å². The Kier molecular flexibility index (Phi) is 4.79. The maximum Gasteiger partial charge on any atom is 0.0931 e. The van der Waals surface area contributed by atoms with Crippen LogP contribution in [0.2, 0.25) is 9.36 Å². The van der Waals surface area contributed by atoms with Gasteiger partial charge in [-0.1, -0.05) is 35.3 Å². The molecule has 2 aromatic rings. The summed E-state index contributed by atoms with van der Waals surface area (Å²) in [6.45, 7) is 0.769. The summed E-state index contributed by atoms with van der Waals surface area (Å²) in [4.78, 5) is 3.30. The van der Waals surface area contributed by atoms with Crippen molar-refractivity contribution in [3.05, 3.63) is 50.1 Å². The van der Waals surface area contributed by atoms with Crippen molar-refractivity contribution in [2.24, 2.45) is 0 Å². The number of hydrogen-bond donors (Lipinski definition) is 0. The molecule has 0 amide bonds. The Morgan fingerprint density at radius 3 is 2.56 bits per heavy atom. The predicted octanol–water partition coefficient (Wildman–Crippen LogP) is 5.43.